The molecule has 22 heavy (non-hydrogen) atoms. The zero-order valence-electron chi connectivity index (χ0n) is 11.9. The molecule has 0 aliphatic carbocycles. The number of carboxylic acid groups (broad SMARTS) is 1. The van der Waals surface area contributed by atoms with Crippen molar-refractivity contribution in [1.82, 2.24) is 0 Å². The minimum Gasteiger partial charge on any atom is -0.478 e. The third kappa shape index (κ3) is 2.80. The van der Waals surface area contributed by atoms with E-state index < -0.39 is 27.4 Å². The molecule has 0 bridgehead atoms. The van der Waals surface area contributed by atoms with Gasteiger partial charge in [0.25, 0.3) is 10.0 Å². The summed E-state index contributed by atoms with van der Waals surface area (Å²) in [4.78, 5) is 10.6. The van der Waals surface area contributed by atoms with E-state index in [1.54, 1.807) is 30.3 Å². The van der Waals surface area contributed by atoms with Crippen LogP contribution in [0.25, 0.3) is 0 Å². The highest BCUT2D eigenvalue weighted by Gasteiger charge is 2.26. The Labute approximate surface area is 127 Å². The topological polar surface area (TPSA) is 74.7 Å². The fourth-order valence-electron chi connectivity index (χ4n) is 1.97. The second-order valence-electron chi connectivity index (χ2n) is 4.69. The van der Waals surface area contributed by atoms with Gasteiger partial charge in [-0.05, 0) is 31.2 Å². The van der Waals surface area contributed by atoms with Crippen molar-refractivity contribution >= 4 is 21.7 Å². The number of sulfonamides is 1. The Morgan fingerprint density at radius 2 is 1.77 bits per heavy atom. The molecule has 0 fully saturated rings. The fraction of sp³-hybridized carbons (Fsp3) is 0.133. The number of carboxylic acids is 1. The first kappa shape index (κ1) is 16.0. The van der Waals surface area contributed by atoms with Gasteiger partial charge in [0, 0.05) is 12.6 Å². The van der Waals surface area contributed by atoms with Crippen LogP contribution in [0.5, 0.6) is 0 Å². The van der Waals surface area contributed by atoms with Crippen molar-refractivity contribution in [3.63, 3.8) is 0 Å². The lowest BCUT2D eigenvalue weighted by atomic mass is 10.1. The number of carbonyl (C=O) groups is 1. The van der Waals surface area contributed by atoms with Gasteiger partial charge in [0.15, 0.2) is 0 Å². The quantitative estimate of drug-likeness (QED) is 0.938. The monoisotopic (exact) mass is 323 g/mol. The van der Waals surface area contributed by atoms with Crippen molar-refractivity contribution < 1.29 is 22.7 Å². The first-order chi connectivity index (χ1) is 10.2. The van der Waals surface area contributed by atoms with E-state index in [4.69, 9.17) is 5.11 Å². The average Bonchev–Trinajstić information content (AvgIpc) is 2.49. The van der Waals surface area contributed by atoms with Crippen molar-refractivity contribution in [3.05, 3.63) is 59.4 Å². The van der Waals surface area contributed by atoms with Crippen LogP contribution in [0.3, 0.4) is 0 Å². The highest BCUT2D eigenvalue weighted by molar-refractivity contribution is 7.92. The summed E-state index contributed by atoms with van der Waals surface area (Å²) in [6, 6.07) is 10.0. The predicted octanol–water partition coefficient (Wildman–Crippen LogP) is 2.66. The Hall–Kier alpha value is -2.41. The van der Waals surface area contributed by atoms with E-state index in [-0.39, 0.29) is 10.5 Å². The Balaban J connectivity index is 2.61. The molecular weight excluding hydrogens is 309 g/mol. The molecule has 5 nitrogen and oxygen atoms in total. The number of hydrogen-bond acceptors (Lipinski definition) is 3. The van der Waals surface area contributed by atoms with Crippen molar-refractivity contribution in [2.24, 2.45) is 0 Å². The first-order valence-corrected chi connectivity index (χ1v) is 7.76. The molecular formula is C15H14FNO4S. The minimum atomic E-state index is -4.07. The van der Waals surface area contributed by atoms with Gasteiger partial charge in [-0.3, -0.25) is 4.31 Å². The van der Waals surface area contributed by atoms with Crippen LogP contribution in [0.2, 0.25) is 0 Å². The normalized spacial score (nSPS) is 11.2. The van der Waals surface area contributed by atoms with Crippen molar-refractivity contribution in [2.45, 2.75) is 11.8 Å². The van der Waals surface area contributed by atoms with Crippen LogP contribution in [-0.2, 0) is 10.0 Å². The number of nitrogens with zero attached hydrogens (tertiary/aromatic N) is 1. The van der Waals surface area contributed by atoms with Gasteiger partial charge >= 0.3 is 5.97 Å². The second-order valence-corrected chi connectivity index (χ2v) is 6.63. The van der Waals surface area contributed by atoms with E-state index in [2.05, 4.69) is 0 Å². The molecule has 0 radical (unpaired) electrons. The average molecular weight is 323 g/mol. The highest BCUT2D eigenvalue weighted by atomic mass is 32.2. The summed E-state index contributed by atoms with van der Waals surface area (Å²) in [7, 11) is -2.74. The third-order valence-electron chi connectivity index (χ3n) is 3.30. The molecule has 0 aliphatic heterocycles. The number of hydrogen-bond donors (Lipinski definition) is 1. The number of anilines is 1. The number of para-hydroxylation sites is 1. The molecule has 2 rings (SSSR count). The van der Waals surface area contributed by atoms with Gasteiger partial charge in [-0.2, -0.15) is 0 Å². The van der Waals surface area contributed by atoms with Gasteiger partial charge in [-0.15, -0.1) is 0 Å². The molecule has 2 aromatic rings. The van der Waals surface area contributed by atoms with Gasteiger partial charge in [-0.1, -0.05) is 18.2 Å². The van der Waals surface area contributed by atoms with Gasteiger partial charge in [0.1, 0.15) is 5.82 Å². The standard InChI is InChI=1S/C15H14FNO4S/c1-10-13(16)8-11(15(18)19)9-14(10)22(20,21)17(2)12-6-4-3-5-7-12/h3-9H,1-2H3,(H,18,19). The minimum absolute atomic E-state index is 0.118. The molecule has 1 N–H and O–H groups in total. The van der Waals surface area contributed by atoms with Gasteiger partial charge in [-0.25, -0.2) is 17.6 Å². The lowest BCUT2D eigenvalue weighted by Gasteiger charge is -2.21. The van der Waals surface area contributed by atoms with Crippen molar-refractivity contribution in [3.8, 4) is 0 Å². The molecule has 0 unspecified atom stereocenters. The summed E-state index contributed by atoms with van der Waals surface area (Å²) in [6.45, 7) is 1.30. The Morgan fingerprint density at radius 3 is 2.32 bits per heavy atom. The van der Waals surface area contributed by atoms with Crippen LogP contribution in [-0.4, -0.2) is 26.5 Å². The molecule has 0 saturated carbocycles. The summed E-state index contributed by atoms with van der Waals surface area (Å²) in [5, 5.41) is 8.97. The number of aromatic carboxylic acids is 1. The third-order valence-corrected chi connectivity index (χ3v) is 5.21. The zero-order chi connectivity index (χ0) is 16.5. The summed E-state index contributed by atoms with van der Waals surface area (Å²) >= 11 is 0. The molecule has 0 saturated heterocycles. The molecule has 0 atom stereocenters. The van der Waals surface area contributed by atoms with Crippen LogP contribution < -0.4 is 4.31 Å². The van der Waals surface area contributed by atoms with E-state index in [1.165, 1.54) is 14.0 Å². The van der Waals surface area contributed by atoms with Crippen molar-refractivity contribution in [2.75, 3.05) is 11.4 Å². The van der Waals surface area contributed by atoms with Crippen molar-refractivity contribution in [1.29, 1.82) is 0 Å². The molecule has 2 aromatic carbocycles. The van der Waals surface area contributed by atoms with Crippen LogP contribution in [0.1, 0.15) is 15.9 Å². The number of benzene rings is 2. The molecule has 0 heterocycles. The molecule has 0 spiro atoms. The van der Waals surface area contributed by atoms with E-state index in [0.717, 1.165) is 16.4 Å². The predicted molar refractivity (Wildman–Crippen MR) is 80.1 cm³/mol. The Bertz CT molecular complexity index is 819. The molecule has 0 amide bonds. The smallest absolute Gasteiger partial charge is 0.335 e. The maximum Gasteiger partial charge on any atom is 0.335 e. The number of halogens is 1. The number of rotatable bonds is 4. The Kier molecular flexibility index (Phi) is 4.18. The van der Waals surface area contributed by atoms with E-state index in [0.29, 0.717) is 5.69 Å². The summed E-state index contributed by atoms with van der Waals surface area (Å²) in [6.07, 6.45) is 0. The van der Waals surface area contributed by atoms with Gasteiger partial charge < -0.3 is 5.11 Å². The molecule has 0 aromatic heterocycles. The summed E-state index contributed by atoms with van der Waals surface area (Å²) < 4.78 is 40.1. The fourth-order valence-corrected chi connectivity index (χ4v) is 3.42. The lowest BCUT2D eigenvalue weighted by Crippen LogP contribution is -2.27. The maximum atomic E-state index is 13.8. The van der Waals surface area contributed by atoms with E-state index >= 15 is 0 Å². The molecule has 116 valence electrons. The van der Waals surface area contributed by atoms with Crippen LogP contribution in [0.15, 0.2) is 47.4 Å². The van der Waals surface area contributed by atoms with Gasteiger partial charge in [0.05, 0.1) is 16.1 Å². The highest BCUT2D eigenvalue weighted by Crippen LogP contribution is 2.26. The van der Waals surface area contributed by atoms with E-state index in [1.807, 2.05) is 0 Å². The summed E-state index contributed by atoms with van der Waals surface area (Å²) in [5.41, 5.74) is -0.140. The largest absolute Gasteiger partial charge is 0.478 e. The van der Waals surface area contributed by atoms with Crippen LogP contribution >= 0.6 is 0 Å². The molecule has 0 aliphatic rings. The second kappa shape index (κ2) is 5.76. The maximum absolute atomic E-state index is 13.8. The van der Waals surface area contributed by atoms with Crippen LogP contribution in [0.4, 0.5) is 10.1 Å². The SMILES string of the molecule is Cc1c(F)cc(C(=O)O)cc1S(=O)(=O)N(C)c1ccccc1. The lowest BCUT2D eigenvalue weighted by molar-refractivity contribution is 0.0696. The Morgan fingerprint density at radius 1 is 1.18 bits per heavy atom. The van der Waals surface area contributed by atoms with E-state index in [9.17, 15) is 17.6 Å². The van der Waals surface area contributed by atoms with Gasteiger partial charge in [0.2, 0.25) is 0 Å². The van der Waals surface area contributed by atoms with Crippen LogP contribution in [0, 0.1) is 12.7 Å². The summed E-state index contributed by atoms with van der Waals surface area (Å²) in [5.74, 6) is -2.27. The first-order valence-electron chi connectivity index (χ1n) is 6.32. The zero-order valence-corrected chi connectivity index (χ0v) is 12.8. The molecule has 7 heteroatoms.